The zero-order chi connectivity index (χ0) is 20.5. The number of nitrogens with one attached hydrogen (secondary N) is 1. The Balaban J connectivity index is 1.38. The van der Waals surface area contributed by atoms with Gasteiger partial charge in [-0.2, -0.15) is 0 Å². The van der Waals surface area contributed by atoms with Crippen molar-refractivity contribution in [2.24, 2.45) is 0 Å². The van der Waals surface area contributed by atoms with E-state index in [4.69, 9.17) is 4.42 Å². The maximum atomic E-state index is 13.0. The number of hydrogen-bond acceptors (Lipinski definition) is 4. The van der Waals surface area contributed by atoms with Crippen molar-refractivity contribution in [3.05, 3.63) is 106 Å². The van der Waals surface area contributed by atoms with E-state index in [0.29, 0.717) is 35.5 Å². The zero-order valence-electron chi connectivity index (χ0n) is 16.0. The van der Waals surface area contributed by atoms with Crippen LogP contribution >= 0.6 is 0 Å². The number of fused-ring (bicyclic) bond motifs is 2. The molecule has 3 aromatic heterocycles. The van der Waals surface area contributed by atoms with Crippen molar-refractivity contribution in [3.63, 3.8) is 0 Å². The number of hydrogen-bond donors (Lipinski definition) is 1. The molecule has 0 saturated heterocycles. The third-order valence-electron chi connectivity index (χ3n) is 5.03. The number of rotatable bonds is 5. The standard InChI is InChI=1S/C24H18FN3O2/c25-18-6-3-16(4-7-18)13-26-14-17-5-8-23-20(10-17)22(29)12-24(30-23)21-11-19-2-1-9-28(19)15-27-21/h1-12,15,26H,13-14H2. The lowest BCUT2D eigenvalue weighted by molar-refractivity contribution is 0.615. The Bertz CT molecular complexity index is 1400. The van der Waals surface area contributed by atoms with Crippen LogP contribution in [0.15, 0.2) is 88.5 Å². The molecule has 3 heterocycles. The summed E-state index contributed by atoms with van der Waals surface area (Å²) in [4.78, 5) is 17.1. The highest BCUT2D eigenvalue weighted by Gasteiger charge is 2.10. The Hall–Kier alpha value is -3.77. The Morgan fingerprint density at radius 3 is 2.63 bits per heavy atom. The summed E-state index contributed by atoms with van der Waals surface area (Å²) in [5.74, 6) is 0.196. The van der Waals surface area contributed by atoms with Gasteiger partial charge in [-0.05, 0) is 53.6 Å². The SMILES string of the molecule is O=c1cc(-c2cc3cccn3cn2)oc2ccc(CNCc3ccc(F)cc3)cc12. The van der Waals surface area contributed by atoms with E-state index >= 15 is 0 Å². The van der Waals surface area contributed by atoms with Crippen molar-refractivity contribution in [2.45, 2.75) is 13.1 Å². The molecule has 0 aliphatic heterocycles. The van der Waals surface area contributed by atoms with Crippen molar-refractivity contribution in [1.82, 2.24) is 14.7 Å². The average Bonchev–Trinajstić information content (AvgIpc) is 3.23. The van der Waals surface area contributed by atoms with Gasteiger partial charge in [0.05, 0.1) is 11.7 Å². The minimum absolute atomic E-state index is 0.108. The second-order valence-corrected chi connectivity index (χ2v) is 7.15. The molecule has 0 aliphatic carbocycles. The Kier molecular flexibility index (Phi) is 4.61. The van der Waals surface area contributed by atoms with Crippen LogP contribution in [-0.2, 0) is 13.1 Å². The van der Waals surface area contributed by atoms with Crippen LogP contribution in [0.2, 0.25) is 0 Å². The summed E-state index contributed by atoms with van der Waals surface area (Å²) in [6, 6.07) is 19.2. The van der Waals surface area contributed by atoms with Gasteiger partial charge >= 0.3 is 0 Å². The third-order valence-corrected chi connectivity index (χ3v) is 5.03. The summed E-state index contributed by atoms with van der Waals surface area (Å²) in [5.41, 5.74) is 3.97. The van der Waals surface area contributed by atoms with Gasteiger partial charge < -0.3 is 14.1 Å². The van der Waals surface area contributed by atoms with E-state index < -0.39 is 0 Å². The monoisotopic (exact) mass is 399 g/mol. The summed E-state index contributed by atoms with van der Waals surface area (Å²) < 4.78 is 20.9. The quantitative estimate of drug-likeness (QED) is 0.472. The highest BCUT2D eigenvalue weighted by atomic mass is 19.1. The fraction of sp³-hybridized carbons (Fsp3) is 0.0833. The maximum Gasteiger partial charge on any atom is 0.193 e. The minimum Gasteiger partial charge on any atom is -0.454 e. The fourth-order valence-electron chi connectivity index (χ4n) is 3.46. The van der Waals surface area contributed by atoms with Crippen molar-refractivity contribution >= 4 is 16.5 Å². The van der Waals surface area contributed by atoms with Gasteiger partial charge in [-0.15, -0.1) is 0 Å². The predicted molar refractivity (Wildman–Crippen MR) is 114 cm³/mol. The highest BCUT2D eigenvalue weighted by molar-refractivity contribution is 5.79. The minimum atomic E-state index is -0.247. The van der Waals surface area contributed by atoms with Gasteiger partial charge in [0.1, 0.15) is 17.1 Å². The van der Waals surface area contributed by atoms with Gasteiger partial charge in [0.2, 0.25) is 0 Å². The summed E-state index contributed by atoms with van der Waals surface area (Å²) in [6.07, 6.45) is 3.61. The second kappa shape index (κ2) is 7.57. The third kappa shape index (κ3) is 3.60. The van der Waals surface area contributed by atoms with Crippen LogP contribution in [0, 0.1) is 5.82 Å². The van der Waals surface area contributed by atoms with Crippen LogP contribution in [0.25, 0.3) is 27.9 Å². The van der Waals surface area contributed by atoms with Crippen LogP contribution in [0.1, 0.15) is 11.1 Å². The first kappa shape index (κ1) is 18.3. The Labute approximate surface area is 171 Å². The number of halogens is 1. The maximum absolute atomic E-state index is 13.0. The van der Waals surface area contributed by atoms with E-state index in [2.05, 4.69) is 10.3 Å². The smallest absolute Gasteiger partial charge is 0.193 e. The average molecular weight is 399 g/mol. The first-order valence-corrected chi connectivity index (χ1v) is 9.61. The number of nitrogens with zero attached hydrogens (tertiary/aromatic N) is 2. The van der Waals surface area contributed by atoms with Gasteiger partial charge in [0, 0.05) is 30.9 Å². The van der Waals surface area contributed by atoms with Crippen molar-refractivity contribution in [3.8, 4) is 11.5 Å². The molecule has 148 valence electrons. The van der Waals surface area contributed by atoms with Crippen molar-refractivity contribution < 1.29 is 8.81 Å². The molecule has 0 aliphatic rings. The summed E-state index contributed by atoms with van der Waals surface area (Å²) in [7, 11) is 0. The molecule has 1 N–H and O–H groups in total. The fourth-order valence-corrected chi connectivity index (χ4v) is 3.46. The highest BCUT2D eigenvalue weighted by Crippen LogP contribution is 2.22. The molecular formula is C24H18FN3O2. The molecule has 0 bridgehead atoms. The number of aromatic nitrogens is 2. The molecular weight excluding hydrogens is 381 g/mol. The summed E-state index contributed by atoms with van der Waals surface area (Å²) >= 11 is 0. The van der Waals surface area contributed by atoms with Crippen LogP contribution in [0.4, 0.5) is 4.39 Å². The molecule has 0 spiro atoms. The largest absolute Gasteiger partial charge is 0.454 e. The second-order valence-electron chi connectivity index (χ2n) is 7.15. The molecule has 0 fully saturated rings. The van der Waals surface area contributed by atoms with Gasteiger partial charge in [-0.3, -0.25) is 4.79 Å². The van der Waals surface area contributed by atoms with Gasteiger partial charge in [0.25, 0.3) is 0 Å². The Morgan fingerprint density at radius 1 is 0.967 bits per heavy atom. The summed E-state index contributed by atoms with van der Waals surface area (Å²) in [5, 5.41) is 3.84. The normalized spacial score (nSPS) is 11.4. The van der Waals surface area contributed by atoms with Crippen LogP contribution in [0.5, 0.6) is 0 Å². The predicted octanol–water partition coefficient (Wildman–Crippen LogP) is 4.54. The molecule has 5 rings (SSSR count). The van der Waals surface area contributed by atoms with E-state index in [1.54, 1.807) is 18.5 Å². The molecule has 0 radical (unpaired) electrons. The lowest BCUT2D eigenvalue weighted by Crippen LogP contribution is -2.13. The van der Waals surface area contributed by atoms with Crippen LogP contribution in [0.3, 0.4) is 0 Å². The molecule has 0 saturated carbocycles. The van der Waals surface area contributed by atoms with Crippen molar-refractivity contribution in [2.75, 3.05) is 0 Å². The number of benzene rings is 2. The van der Waals surface area contributed by atoms with E-state index in [-0.39, 0.29) is 11.2 Å². The molecule has 0 unspecified atom stereocenters. The first-order valence-electron chi connectivity index (χ1n) is 9.61. The van der Waals surface area contributed by atoms with Gasteiger partial charge in [-0.25, -0.2) is 9.37 Å². The van der Waals surface area contributed by atoms with Crippen LogP contribution in [-0.4, -0.2) is 9.38 Å². The topological polar surface area (TPSA) is 59.5 Å². The molecule has 2 aromatic carbocycles. The molecule has 5 nitrogen and oxygen atoms in total. The van der Waals surface area contributed by atoms with Crippen LogP contribution < -0.4 is 10.7 Å². The van der Waals surface area contributed by atoms with Gasteiger partial charge in [0.15, 0.2) is 11.2 Å². The lowest BCUT2D eigenvalue weighted by atomic mass is 10.1. The molecule has 5 aromatic rings. The molecule has 0 atom stereocenters. The Morgan fingerprint density at radius 2 is 1.77 bits per heavy atom. The van der Waals surface area contributed by atoms with E-state index in [1.807, 2.05) is 47.0 Å². The molecule has 0 amide bonds. The first-order chi connectivity index (χ1) is 14.7. The zero-order valence-corrected chi connectivity index (χ0v) is 16.0. The summed E-state index contributed by atoms with van der Waals surface area (Å²) in [6.45, 7) is 1.20. The molecule has 6 heteroatoms. The van der Waals surface area contributed by atoms with Gasteiger partial charge in [-0.1, -0.05) is 18.2 Å². The van der Waals surface area contributed by atoms with E-state index in [0.717, 1.165) is 16.6 Å². The molecule has 30 heavy (non-hydrogen) atoms. The van der Waals surface area contributed by atoms with E-state index in [9.17, 15) is 9.18 Å². The lowest BCUT2D eigenvalue weighted by Gasteiger charge is -2.07. The van der Waals surface area contributed by atoms with E-state index in [1.165, 1.54) is 18.2 Å². The van der Waals surface area contributed by atoms with Crippen molar-refractivity contribution in [1.29, 1.82) is 0 Å².